The zero-order chi connectivity index (χ0) is 14.9. The molecule has 1 aromatic rings. The maximum Gasteiger partial charge on any atom is 0.119 e. The minimum absolute atomic E-state index is 0.622. The predicted molar refractivity (Wildman–Crippen MR) is 89.8 cm³/mol. The van der Waals surface area contributed by atoms with Crippen molar-refractivity contribution >= 4 is 0 Å². The summed E-state index contributed by atoms with van der Waals surface area (Å²) in [5.41, 5.74) is 0. The third-order valence-electron chi connectivity index (χ3n) is 4.94. The van der Waals surface area contributed by atoms with Gasteiger partial charge in [-0.05, 0) is 49.8 Å². The van der Waals surface area contributed by atoms with Crippen molar-refractivity contribution in [2.24, 2.45) is 11.8 Å². The number of ether oxygens (including phenoxy) is 1. The highest BCUT2D eigenvalue weighted by Crippen LogP contribution is 2.33. The van der Waals surface area contributed by atoms with Gasteiger partial charge in [-0.25, -0.2) is 0 Å². The van der Waals surface area contributed by atoms with Crippen LogP contribution < -0.4 is 10.1 Å². The van der Waals surface area contributed by atoms with Gasteiger partial charge in [-0.2, -0.15) is 0 Å². The molecule has 1 N–H and O–H groups in total. The summed E-state index contributed by atoms with van der Waals surface area (Å²) in [7, 11) is 0. The largest absolute Gasteiger partial charge is 0.494 e. The van der Waals surface area contributed by atoms with Crippen LogP contribution in [0.15, 0.2) is 30.3 Å². The lowest BCUT2D eigenvalue weighted by molar-refractivity contribution is 0.190. The normalized spacial score (nSPS) is 23.7. The molecule has 0 heterocycles. The third kappa shape index (κ3) is 5.35. The second kappa shape index (κ2) is 9.09. The van der Waals surface area contributed by atoms with Crippen molar-refractivity contribution in [2.45, 2.75) is 58.4 Å². The van der Waals surface area contributed by atoms with E-state index in [-0.39, 0.29) is 0 Å². The molecule has 1 atom stereocenters. The van der Waals surface area contributed by atoms with Crippen LogP contribution in [0.25, 0.3) is 0 Å². The van der Waals surface area contributed by atoms with Crippen LogP contribution in [-0.4, -0.2) is 19.2 Å². The Balaban J connectivity index is 1.76. The van der Waals surface area contributed by atoms with E-state index in [1.54, 1.807) is 0 Å². The van der Waals surface area contributed by atoms with Crippen molar-refractivity contribution in [1.82, 2.24) is 5.32 Å². The van der Waals surface area contributed by atoms with Gasteiger partial charge in [0.2, 0.25) is 0 Å². The van der Waals surface area contributed by atoms with Crippen LogP contribution in [0.2, 0.25) is 0 Å². The van der Waals surface area contributed by atoms with Gasteiger partial charge in [0.25, 0.3) is 0 Å². The quantitative estimate of drug-likeness (QED) is 0.752. The van der Waals surface area contributed by atoms with Gasteiger partial charge in [-0.3, -0.25) is 0 Å². The highest BCUT2D eigenvalue weighted by molar-refractivity contribution is 5.20. The third-order valence-corrected chi connectivity index (χ3v) is 4.94. The average Bonchev–Trinajstić information content (AvgIpc) is 2.55. The second-order valence-corrected chi connectivity index (χ2v) is 6.30. The molecule has 2 heteroatoms. The Morgan fingerprint density at radius 2 is 1.81 bits per heavy atom. The lowest BCUT2D eigenvalue weighted by Crippen LogP contribution is -2.39. The smallest absolute Gasteiger partial charge is 0.119 e. The molecular formula is C19H31NO. The molecule has 1 aliphatic carbocycles. The predicted octanol–water partition coefficient (Wildman–Crippen LogP) is 4.65. The first kappa shape index (κ1) is 16.4. The molecule has 0 radical (unpaired) electrons. The highest BCUT2D eigenvalue weighted by Gasteiger charge is 2.26. The maximum absolute atomic E-state index is 5.88. The molecule has 1 aromatic carbocycles. The first-order valence-corrected chi connectivity index (χ1v) is 8.74. The molecule has 0 aromatic heterocycles. The Morgan fingerprint density at radius 1 is 1.10 bits per heavy atom. The molecular weight excluding hydrogens is 258 g/mol. The molecule has 2 rings (SSSR count). The topological polar surface area (TPSA) is 21.3 Å². The van der Waals surface area contributed by atoms with Crippen LogP contribution in [0.4, 0.5) is 0 Å². The van der Waals surface area contributed by atoms with Crippen LogP contribution >= 0.6 is 0 Å². The summed E-state index contributed by atoms with van der Waals surface area (Å²) in [6.45, 7) is 6.42. The number of rotatable bonds is 8. The van der Waals surface area contributed by atoms with E-state index in [1.807, 2.05) is 30.3 Å². The van der Waals surface area contributed by atoms with Gasteiger partial charge in [0.05, 0.1) is 6.61 Å². The number of benzene rings is 1. The molecule has 1 fully saturated rings. The lowest BCUT2D eigenvalue weighted by Gasteiger charge is -2.34. The molecule has 0 amide bonds. The van der Waals surface area contributed by atoms with Crippen LogP contribution in [-0.2, 0) is 0 Å². The van der Waals surface area contributed by atoms with Crippen molar-refractivity contribution in [2.75, 3.05) is 13.2 Å². The fraction of sp³-hybridized carbons (Fsp3) is 0.684. The SMILES string of the molecule is CCNC(CCOc1ccccc1)C1CCC(CC)CC1. The van der Waals surface area contributed by atoms with E-state index in [1.165, 1.54) is 32.1 Å². The molecule has 0 spiro atoms. The molecule has 0 bridgehead atoms. The molecule has 21 heavy (non-hydrogen) atoms. The Hall–Kier alpha value is -1.02. The number of hydrogen-bond acceptors (Lipinski definition) is 2. The molecule has 1 unspecified atom stereocenters. The van der Waals surface area contributed by atoms with Crippen molar-refractivity contribution in [3.8, 4) is 5.75 Å². The molecule has 2 nitrogen and oxygen atoms in total. The van der Waals surface area contributed by atoms with E-state index < -0.39 is 0 Å². The highest BCUT2D eigenvalue weighted by atomic mass is 16.5. The Kier molecular flexibility index (Phi) is 7.08. The maximum atomic E-state index is 5.88. The van der Waals surface area contributed by atoms with Crippen LogP contribution in [0.1, 0.15) is 52.4 Å². The van der Waals surface area contributed by atoms with Gasteiger partial charge < -0.3 is 10.1 Å². The fourth-order valence-corrected chi connectivity index (χ4v) is 3.59. The van der Waals surface area contributed by atoms with Gasteiger partial charge in [-0.1, -0.05) is 51.3 Å². The minimum Gasteiger partial charge on any atom is -0.494 e. The van der Waals surface area contributed by atoms with Crippen molar-refractivity contribution in [3.05, 3.63) is 30.3 Å². The van der Waals surface area contributed by atoms with Crippen LogP contribution in [0.5, 0.6) is 5.75 Å². The van der Waals surface area contributed by atoms with Crippen molar-refractivity contribution in [1.29, 1.82) is 0 Å². The summed E-state index contributed by atoms with van der Waals surface area (Å²) in [5.74, 6) is 2.80. The van der Waals surface area contributed by atoms with Crippen LogP contribution in [0, 0.1) is 11.8 Å². The standard InChI is InChI=1S/C19H31NO/c1-3-16-10-12-17(13-11-16)19(20-4-2)14-15-21-18-8-6-5-7-9-18/h5-9,16-17,19-20H,3-4,10-15H2,1-2H3. The average molecular weight is 289 g/mol. The first-order chi connectivity index (χ1) is 10.3. The Morgan fingerprint density at radius 3 is 2.43 bits per heavy atom. The Bertz CT molecular complexity index is 370. The summed E-state index contributed by atoms with van der Waals surface area (Å²) < 4.78 is 5.88. The van der Waals surface area contributed by atoms with Gasteiger partial charge in [0, 0.05) is 6.04 Å². The first-order valence-electron chi connectivity index (χ1n) is 8.74. The monoisotopic (exact) mass is 289 g/mol. The second-order valence-electron chi connectivity index (χ2n) is 6.30. The molecule has 1 aliphatic rings. The summed E-state index contributed by atoms with van der Waals surface area (Å²) >= 11 is 0. The van der Waals surface area contributed by atoms with E-state index in [0.29, 0.717) is 6.04 Å². The zero-order valence-electron chi connectivity index (χ0n) is 13.7. The van der Waals surface area contributed by atoms with E-state index in [2.05, 4.69) is 19.2 Å². The van der Waals surface area contributed by atoms with Gasteiger partial charge in [0.1, 0.15) is 5.75 Å². The zero-order valence-corrected chi connectivity index (χ0v) is 13.7. The van der Waals surface area contributed by atoms with E-state index in [9.17, 15) is 0 Å². The summed E-state index contributed by atoms with van der Waals surface area (Å²) in [6, 6.07) is 10.8. The van der Waals surface area contributed by atoms with E-state index >= 15 is 0 Å². The Labute approximate surface area is 130 Å². The van der Waals surface area contributed by atoms with Crippen molar-refractivity contribution < 1.29 is 4.74 Å². The lowest BCUT2D eigenvalue weighted by atomic mass is 9.77. The van der Waals surface area contributed by atoms with Gasteiger partial charge in [0.15, 0.2) is 0 Å². The van der Waals surface area contributed by atoms with Gasteiger partial charge >= 0.3 is 0 Å². The van der Waals surface area contributed by atoms with Crippen molar-refractivity contribution in [3.63, 3.8) is 0 Å². The molecule has 0 aliphatic heterocycles. The minimum atomic E-state index is 0.622. The summed E-state index contributed by atoms with van der Waals surface area (Å²) in [5, 5.41) is 3.69. The summed E-state index contributed by atoms with van der Waals surface area (Å²) in [6.07, 6.45) is 8.09. The number of hydrogen-bond donors (Lipinski definition) is 1. The van der Waals surface area contributed by atoms with Crippen LogP contribution in [0.3, 0.4) is 0 Å². The number of nitrogens with one attached hydrogen (secondary N) is 1. The molecule has 118 valence electrons. The fourth-order valence-electron chi connectivity index (χ4n) is 3.59. The van der Waals surface area contributed by atoms with E-state index in [4.69, 9.17) is 4.74 Å². The summed E-state index contributed by atoms with van der Waals surface area (Å²) in [4.78, 5) is 0. The molecule has 1 saturated carbocycles. The molecule has 0 saturated heterocycles. The number of para-hydroxylation sites is 1. The van der Waals surface area contributed by atoms with Gasteiger partial charge in [-0.15, -0.1) is 0 Å². The van der Waals surface area contributed by atoms with E-state index in [0.717, 1.165) is 37.2 Å².